The topological polar surface area (TPSA) is 52.1 Å². The SMILES string of the molecule is CCOC(=O)c1cccc(-c2nccc(Cl)n2)c1. The molecular formula is C13H11ClN2O2. The van der Waals surface area contributed by atoms with Gasteiger partial charge >= 0.3 is 5.97 Å². The molecule has 0 fully saturated rings. The maximum Gasteiger partial charge on any atom is 0.338 e. The van der Waals surface area contributed by atoms with Gasteiger partial charge in [-0.25, -0.2) is 14.8 Å². The second-order valence-corrected chi connectivity index (χ2v) is 3.89. The smallest absolute Gasteiger partial charge is 0.338 e. The molecule has 0 bridgehead atoms. The van der Waals surface area contributed by atoms with Crippen LogP contribution in [0.15, 0.2) is 36.5 Å². The van der Waals surface area contributed by atoms with E-state index >= 15 is 0 Å². The van der Waals surface area contributed by atoms with Crippen LogP contribution in [0.4, 0.5) is 0 Å². The summed E-state index contributed by atoms with van der Waals surface area (Å²) in [6.07, 6.45) is 1.57. The number of halogens is 1. The fourth-order valence-electron chi connectivity index (χ4n) is 1.48. The van der Waals surface area contributed by atoms with Gasteiger partial charge in [-0.05, 0) is 25.1 Å². The van der Waals surface area contributed by atoms with E-state index in [0.29, 0.717) is 23.1 Å². The average molecular weight is 263 g/mol. The Balaban J connectivity index is 2.35. The second-order valence-electron chi connectivity index (χ2n) is 3.50. The summed E-state index contributed by atoms with van der Waals surface area (Å²) < 4.78 is 4.94. The van der Waals surface area contributed by atoms with Crippen molar-refractivity contribution in [3.63, 3.8) is 0 Å². The van der Waals surface area contributed by atoms with Crippen LogP contribution < -0.4 is 0 Å². The summed E-state index contributed by atoms with van der Waals surface area (Å²) in [6, 6.07) is 8.54. The number of esters is 1. The van der Waals surface area contributed by atoms with Crippen molar-refractivity contribution >= 4 is 17.6 Å². The molecule has 0 saturated heterocycles. The molecule has 0 spiro atoms. The second kappa shape index (κ2) is 5.60. The Morgan fingerprint density at radius 3 is 2.94 bits per heavy atom. The molecule has 1 heterocycles. The molecule has 0 unspecified atom stereocenters. The number of nitrogens with zero attached hydrogens (tertiary/aromatic N) is 2. The molecule has 0 saturated carbocycles. The Morgan fingerprint density at radius 2 is 2.22 bits per heavy atom. The van der Waals surface area contributed by atoms with E-state index in [1.54, 1.807) is 37.4 Å². The summed E-state index contributed by atoms with van der Waals surface area (Å²) in [5, 5.41) is 0.363. The predicted molar refractivity (Wildman–Crippen MR) is 68.4 cm³/mol. The Labute approximate surface area is 110 Å². The zero-order valence-corrected chi connectivity index (χ0v) is 10.5. The highest BCUT2D eigenvalue weighted by Crippen LogP contribution is 2.18. The first kappa shape index (κ1) is 12.5. The van der Waals surface area contributed by atoms with Gasteiger partial charge in [-0.15, -0.1) is 0 Å². The highest BCUT2D eigenvalue weighted by molar-refractivity contribution is 6.29. The number of carbonyl (C=O) groups excluding carboxylic acids is 1. The third-order valence-corrected chi connectivity index (χ3v) is 2.46. The van der Waals surface area contributed by atoms with Crippen molar-refractivity contribution in [2.45, 2.75) is 6.92 Å². The van der Waals surface area contributed by atoms with Crippen molar-refractivity contribution in [2.75, 3.05) is 6.61 Å². The Hall–Kier alpha value is -1.94. The summed E-state index contributed by atoms with van der Waals surface area (Å²) >= 11 is 5.80. The van der Waals surface area contributed by atoms with Crippen LogP contribution in [-0.2, 0) is 4.74 Å². The standard InChI is InChI=1S/C13H11ClN2O2/c1-2-18-13(17)10-5-3-4-9(8-10)12-15-7-6-11(14)16-12/h3-8H,2H2,1H3. The molecule has 18 heavy (non-hydrogen) atoms. The lowest BCUT2D eigenvalue weighted by atomic mass is 10.1. The van der Waals surface area contributed by atoms with E-state index in [0.717, 1.165) is 5.56 Å². The monoisotopic (exact) mass is 262 g/mol. The lowest BCUT2D eigenvalue weighted by Gasteiger charge is -2.04. The van der Waals surface area contributed by atoms with Crippen molar-refractivity contribution in [3.05, 3.63) is 47.2 Å². The number of aromatic nitrogens is 2. The largest absolute Gasteiger partial charge is 0.462 e. The summed E-state index contributed by atoms with van der Waals surface area (Å²) in [7, 11) is 0. The first-order valence-electron chi connectivity index (χ1n) is 5.47. The molecule has 0 atom stereocenters. The van der Waals surface area contributed by atoms with E-state index in [9.17, 15) is 4.79 Å². The van der Waals surface area contributed by atoms with E-state index in [2.05, 4.69) is 9.97 Å². The maximum absolute atomic E-state index is 11.6. The number of benzene rings is 1. The van der Waals surface area contributed by atoms with Gasteiger partial charge in [0.15, 0.2) is 5.82 Å². The number of carbonyl (C=O) groups is 1. The summed E-state index contributed by atoms with van der Waals surface area (Å²) in [4.78, 5) is 19.8. The molecular weight excluding hydrogens is 252 g/mol. The Bertz CT molecular complexity index is 572. The molecule has 0 aliphatic rings. The number of hydrogen-bond acceptors (Lipinski definition) is 4. The minimum absolute atomic E-state index is 0.344. The Morgan fingerprint density at radius 1 is 1.39 bits per heavy atom. The van der Waals surface area contributed by atoms with E-state index < -0.39 is 0 Å². The van der Waals surface area contributed by atoms with Crippen LogP contribution in [0.5, 0.6) is 0 Å². The minimum atomic E-state index is -0.360. The molecule has 1 aromatic carbocycles. The summed E-state index contributed by atoms with van der Waals surface area (Å²) in [5.41, 5.74) is 1.20. The van der Waals surface area contributed by atoms with Gasteiger partial charge in [-0.3, -0.25) is 0 Å². The summed E-state index contributed by atoms with van der Waals surface area (Å²) in [5.74, 6) is 0.120. The van der Waals surface area contributed by atoms with Gasteiger partial charge < -0.3 is 4.74 Å². The molecule has 92 valence electrons. The maximum atomic E-state index is 11.6. The van der Waals surface area contributed by atoms with Crippen LogP contribution in [0.2, 0.25) is 5.15 Å². The highest BCUT2D eigenvalue weighted by atomic mass is 35.5. The number of ether oxygens (including phenoxy) is 1. The molecule has 5 heteroatoms. The number of rotatable bonds is 3. The Kier molecular flexibility index (Phi) is 3.89. The highest BCUT2D eigenvalue weighted by Gasteiger charge is 2.09. The average Bonchev–Trinajstić information content (AvgIpc) is 2.39. The van der Waals surface area contributed by atoms with Crippen molar-refractivity contribution in [2.24, 2.45) is 0 Å². The van der Waals surface area contributed by atoms with Crippen LogP contribution >= 0.6 is 11.6 Å². The van der Waals surface area contributed by atoms with Gasteiger partial charge in [0, 0.05) is 11.8 Å². The fourth-order valence-corrected chi connectivity index (χ4v) is 1.61. The molecule has 0 aliphatic heterocycles. The van der Waals surface area contributed by atoms with Gasteiger partial charge in [-0.1, -0.05) is 23.7 Å². The summed E-state index contributed by atoms with van der Waals surface area (Å²) in [6.45, 7) is 2.11. The third kappa shape index (κ3) is 2.84. The van der Waals surface area contributed by atoms with Crippen molar-refractivity contribution in [1.82, 2.24) is 9.97 Å². The molecule has 2 rings (SSSR count). The van der Waals surface area contributed by atoms with Crippen molar-refractivity contribution in [3.8, 4) is 11.4 Å². The lowest BCUT2D eigenvalue weighted by Crippen LogP contribution is -2.04. The van der Waals surface area contributed by atoms with Gasteiger partial charge in [0.1, 0.15) is 5.15 Å². The van der Waals surface area contributed by atoms with Gasteiger partial charge in [0.05, 0.1) is 12.2 Å². The van der Waals surface area contributed by atoms with E-state index in [4.69, 9.17) is 16.3 Å². The van der Waals surface area contributed by atoms with Crippen LogP contribution in [-0.4, -0.2) is 22.5 Å². The molecule has 0 amide bonds. The molecule has 4 nitrogen and oxygen atoms in total. The van der Waals surface area contributed by atoms with Crippen LogP contribution in [0.25, 0.3) is 11.4 Å². The van der Waals surface area contributed by atoms with E-state index in [1.807, 2.05) is 6.07 Å². The van der Waals surface area contributed by atoms with Gasteiger partial charge in [0.2, 0.25) is 0 Å². The van der Waals surface area contributed by atoms with E-state index in [1.165, 1.54) is 0 Å². The van der Waals surface area contributed by atoms with E-state index in [-0.39, 0.29) is 5.97 Å². The molecule has 2 aromatic rings. The minimum Gasteiger partial charge on any atom is -0.462 e. The zero-order valence-electron chi connectivity index (χ0n) is 9.76. The first-order valence-corrected chi connectivity index (χ1v) is 5.84. The molecule has 0 aliphatic carbocycles. The van der Waals surface area contributed by atoms with Crippen LogP contribution in [0.3, 0.4) is 0 Å². The predicted octanol–water partition coefficient (Wildman–Crippen LogP) is 2.97. The molecule has 1 aromatic heterocycles. The van der Waals surface area contributed by atoms with Crippen molar-refractivity contribution in [1.29, 1.82) is 0 Å². The first-order chi connectivity index (χ1) is 8.70. The van der Waals surface area contributed by atoms with Gasteiger partial charge in [-0.2, -0.15) is 0 Å². The van der Waals surface area contributed by atoms with Crippen LogP contribution in [0, 0.1) is 0 Å². The molecule has 0 N–H and O–H groups in total. The zero-order chi connectivity index (χ0) is 13.0. The number of hydrogen-bond donors (Lipinski definition) is 0. The lowest BCUT2D eigenvalue weighted by molar-refractivity contribution is 0.0526. The van der Waals surface area contributed by atoms with Crippen molar-refractivity contribution < 1.29 is 9.53 Å². The third-order valence-electron chi connectivity index (χ3n) is 2.25. The normalized spacial score (nSPS) is 10.1. The van der Waals surface area contributed by atoms with Gasteiger partial charge in [0.25, 0.3) is 0 Å². The molecule has 0 radical (unpaired) electrons. The van der Waals surface area contributed by atoms with Crippen LogP contribution in [0.1, 0.15) is 17.3 Å². The quantitative estimate of drug-likeness (QED) is 0.630. The fraction of sp³-hybridized carbons (Fsp3) is 0.154.